The topological polar surface area (TPSA) is 49.4 Å². The van der Waals surface area contributed by atoms with E-state index in [0.29, 0.717) is 34.5 Å². The van der Waals surface area contributed by atoms with E-state index in [2.05, 4.69) is 5.32 Å². The van der Waals surface area contributed by atoms with E-state index in [-0.39, 0.29) is 17.9 Å². The van der Waals surface area contributed by atoms with Gasteiger partial charge in [-0.05, 0) is 54.7 Å². The van der Waals surface area contributed by atoms with Crippen LogP contribution in [0.25, 0.3) is 0 Å². The van der Waals surface area contributed by atoms with Crippen LogP contribution in [0.3, 0.4) is 0 Å². The van der Waals surface area contributed by atoms with Crippen LogP contribution in [0.2, 0.25) is 10.0 Å². The van der Waals surface area contributed by atoms with Crippen LogP contribution < -0.4 is 5.32 Å². The van der Waals surface area contributed by atoms with Crippen molar-refractivity contribution in [2.75, 3.05) is 5.75 Å². The minimum absolute atomic E-state index is 0.0413. The lowest BCUT2D eigenvalue weighted by molar-refractivity contribution is -0.139. The number of thioether (sulfide) groups is 1. The number of benzene rings is 2. The third-order valence-corrected chi connectivity index (χ3v) is 7.21. The number of rotatable bonds is 10. The van der Waals surface area contributed by atoms with Crippen LogP contribution in [0.5, 0.6) is 0 Å². The summed E-state index contributed by atoms with van der Waals surface area (Å²) in [5.41, 5.74) is 2.03. The molecule has 1 N–H and O–H groups in total. The molecule has 3 rings (SSSR count). The molecule has 0 aliphatic heterocycles. The summed E-state index contributed by atoms with van der Waals surface area (Å²) in [6.45, 7) is 2.34. The molecule has 0 spiro atoms. The molecule has 1 aliphatic rings. The molecule has 0 heterocycles. The third kappa shape index (κ3) is 7.43. The lowest BCUT2D eigenvalue weighted by atomic mass is 10.1. The standard InChI is InChI=1S/C25H30Cl2N2O2S/c1-2-23(25(31)28-22-8-3-4-9-22)29(15-18-10-12-20(26)13-11-18)24(30)17-32-16-19-6-5-7-21(27)14-19/h5-7,10-14,22-23H,2-4,8-9,15-17H2,1H3,(H,28,31)/t23-/m1/s1. The highest BCUT2D eigenvalue weighted by Gasteiger charge is 2.30. The zero-order chi connectivity index (χ0) is 22.9. The highest BCUT2D eigenvalue weighted by atomic mass is 35.5. The smallest absolute Gasteiger partial charge is 0.243 e. The summed E-state index contributed by atoms with van der Waals surface area (Å²) in [4.78, 5) is 28.1. The maximum absolute atomic E-state index is 13.3. The average Bonchev–Trinajstić information content (AvgIpc) is 3.28. The van der Waals surface area contributed by atoms with Crippen molar-refractivity contribution in [2.24, 2.45) is 0 Å². The Morgan fingerprint density at radius 2 is 1.78 bits per heavy atom. The second kappa shape index (κ2) is 12.5. The van der Waals surface area contributed by atoms with Gasteiger partial charge in [0.05, 0.1) is 5.75 Å². The molecule has 1 saturated carbocycles. The van der Waals surface area contributed by atoms with E-state index in [0.717, 1.165) is 36.8 Å². The van der Waals surface area contributed by atoms with Crippen molar-refractivity contribution in [3.8, 4) is 0 Å². The van der Waals surface area contributed by atoms with E-state index in [4.69, 9.17) is 23.2 Å². The van der Waals surface area contributed by atoms with E-state index < -0.39 is 6.04 Å². The Labute approximate surface area is 205 Å². The molecule has 32 heavy (non-hydrogen) atoms. The molecule has 1 aliphatic carbocycles. The second-order valence-corrected chi connectivity index (χ2v) is 10.0. The molecule has 4 nitrogen and oxygen atoms in total. The molecule has 0 bridgehead atoms. The number of hydrogen-bond donors (Lipinski definition) is 1. The van der Waals surface area contributed by atoms with Crippen molar-refractivity contribution in [1.29, 1.82) is 0 Å². The van der Waals surface area contributed by atoms with Gasteiger partial charge in [0.1, 0.15) is 6.04 Å². The van der Waals surface area contributed by atoms with Crippen molar-refractivity contribution in [2.45, 2.75) is 63.4 Å². The average molecular weight is 494 g/mol. The van der Waals surface area contributed by atoms with Gasteiger partial charge in [-0.3, -0.25) is 9.59 Å². The van der Waals surface area contributed by atoms with E-state index in [9.17, 15) is 9.59 Å². The molecule has 2 aromatic carbocycles. The predicted octanol–water partition coefficient (Wildman–Crippen LogP) is 6.09. The fraction of sp³-hybridized carbons (Fsp3) is 0.440. The Morgan fingerprint density at radius 3 is 2.44 bits per heavy atom. The molecule has 0 radical (unpaired) electrons. The first-order chi connectivity index (χ1) is 15.5. The maximum Gasteiger partial charge on any atom is 0.243 e. The van der Waals surface area contributed by atoms with E-state index in [1.165, 1.54) is 11.8 Å². The van der Waals surface area contributed by atoms with Gasteiger partial charge in [0.25, 0.3) is 0 Å². The summed E-state index contributed by atoms with van der Waals surface area (Å²) >= 11 is 13.6. The van der Waals surface area contributed by atoms with Crippen molar-refractivity contribution in [3.05, 3.63) is 69.7 Å². The van der Waals surface area contributed by atoms with Crippen LogP contribution in [0, 0.1) is 0 Å². The lowest BCUT2D eigenvalue weighted by Gasteiger charge is -2.31. The third-order valence-electron chi connectivity index (χ3n) is 5.74. The molecule has 172 valence electrons. The number of amides is 2. The fourth-order valence-corrected chi connectivity index (χ4v) is 5.24. The number of carbonyl (C=O) groups excluding carboxylic acids is 2. The lowest BCUT2D eigenvalue weighted by Crippen LogP contribution is -2.51. The number of carbonyl (C=O) groups is 2. The van der Waals surface area contributed by atoms with Gasteiger partial charge in [0, 0.05) is 28.4 Å². The first kappa shape index (κ1) is 24.9. The van der Waals surface area contributed by atoms with Gasteiger partial charge in [0.2, 0.25) is 11.8 Å². The van der Waals surface area contributed by atoms with Gasteiger partial charge in [0.15, 0.2) is 0 Å². The summed E-state index contributed by atoms with van der Waals surface area (Å²) in [7, 11) is 0. The first-order valence-electron chi connectivity index (χ1n) is 11.1. The molecule has 2 aromatic rings. The van der Waals surface area contributed by atoms with Crippen LogP contribution >= 0.6 is 35.0 Å². The largest absolute Gasteiger partial charge is 0.352 e. The van der Waals surface area contributed by atoms with Crippen LogP contribution in [0.1, 0.15) is 50.2 Å². The van der Waals surface area contributed by atoms with Crippen molar-refractivity contribution in [1.82, 2.24) is 10.2 Å². The minimum Gasteiger partial charge on any atom is -0.352 e. The monoisotopic (exact) mass is 492 g/mol. The Kier molecular flexibility index (Phi) is 9.76. The Hall–Kier alpha value is -1.69. The highest BCUT2D eigenvalue weighted by molar-refractivity contribution is 7.99. The molecule has 7 heteroatoms. The summed E-state index contributed by atoms with van der Waals surface area (Å²) in [6, 6.07) is 14.8. The van der Waals surface area contributed by atoms with Gasteiger partial charge >= 0.3 is 0 Å². The maximum atomic E-state index is 13.3. The normalized spacial score (nSPS) is 14.8. The molecular formula is C25H30Cl2N2O2S. The SMILES string of the molecule is CC[C@H](C(=O)NC1CCCC1)N(Cc1ccc(Cl)cc1)C(=O)CSCc1cccc(Cl)c1. The summed E-state index contributed by atoms with van der Waals surface area (Å²) in [6.07, 6.45) is 4.90. The minimum atomic E-state index is -0.495. The fourth-order valence-electron chi connectivity index (χ4n) is 4.04. The second-order valence-electron chi connectivity index (χ2n) is 8.18. The summed E-state index contributed by atoms with van der Waals surface area (Å²) in [5.74, 6) is 0.890. The van der Waals surface area contributed by atoms with Gasteiger partial charge in [-0.1, -0.05) is 67.2 Å². The molecule has 1 atom stereocenters. The molecule has 0 saturated heterocycles. The van der Waals surface area contributed by atoms with Gasteiger partial charge in [-0.25, -0.2) is 0 Å². The summed E-state index contributed by atoms with van der Waals surface area (Å²) in [5, 5.41) is 4.51. The Bertz CT molecular complexity index is 901. The summed E-state index contributed by atoms with van der Waals surface area (Å²) < 4.78 is 0. The van der Waals surface area contributed by atoms with E-state index in [1.54, 1.807) is 4.90 Å². The van der Waals surface area contributed by atoms with Crippen LogP contribution in [-0.2, 0) is 21.9 Å². The van der Waals surface area contributed by atoms with Crippen LogP contribution in [-0.4, -0.2) is 34.6 Å². The van der Waals surface area contributed by atoms with Crippen molar-refractivity contribution in [3.63, 3.8) is 0 Å². The zero-order valence-corrected chi connectivity index (χ0v) is 20.7. The highest BCUT2D eigenvalue weighted by Crippen LogP contribution is 2.21. The quantitative estimate of drug-likeness (QED) is 0.436. The molecule has 0 unspecified atom stereocenters. The van der Waals surface area contributed by atoms with Gasteiger partial charge in [-0.2, -0.15) is 0 Å². The number of nitrogens with one attached hydrogen (secondary N) is 1. The Balaban J connectivity index is 1.69. The van der Waals surface area contributed by atoms with Crippen LogP contribution in [0.15, 0.2) is 48.5 Å². The molecule has 1 fully saturated rings. The first-order valence-corrected chi connectivity index (χ1v) is 13.0. The van der Waals surface area contributed by atoms with E-state index in [1.807, 2.05) is 55.5 Å². The number of nitrogens with zero attached hydrogens (tertiary/aromatic N) is 1. The van der Waals surface area contributed by atoms with Crippen molar-refractivity contribution < 1.29 is 9.59 Å². The van der Waals surface area contributed by atoms with Crippen LogP contribution in [0.4, 0.5) is 0 Å². The predicted molar refractivity (Wildman–Crippen MR) is 134 cm³/mol. The zero-order valence-electron chi connectivity index (χ0n) is 18.4. The molecular weight excluding hydrogens is 463 g/mol. The Morgan fingerprint density at radius 1 is 1.06 bits per heavy atom. The number of hydrogen-bond acceptors (Lipinski definition) is 3. The molecule has 2 amide bonds. The van der Waals surface area contributed by atoms with Gasteiger partial charge in [-0.15, -0.1) is 11.8 Å². The number of halogens is 2. The van der Waals surface area contributed by atoms with E-state index >= 15 is 0 Å². The van der Waals surface area contributed by atoms with Crippen molar-refractivity contribution >= 4 is 46.8 Å². The molecule has 0 aromatic heterocycles. The van der Waals surface area contributed by atoms with Gasteiger partial charge < -0.3 is 10.2 Å².